The highest BCUT2D eigenvalue weighted by atomic mass is 32.1. The quantitative estimate of drug-likeness (QED) is 0.829. The van der Waals surface area contributed by atoms with Gasteiger partial charge in [-0.05, 0) is 26.8 Å². The summed E-state index contributed by atoms with van der Waals surface area (Å²) >= 11 is 1.75. The van der Waals surface area contributed by atoms with Crippen molar-refractivity contribution in [2.24, 2.45) is 5.92 Å². The van der Waals surface area contributed by atoms with Crippen LogP contribution >= 0.6 is 11.3 Å². The first-order chi connectivity index (χ1) is 7.54. The Hall–Kier alpha value is -0.610. The van der Waals surface area contributed by atoms with E-state index in [9.17, 15) is 0 Å². The maximum Gasteiger partial charge on any atom is 0.182 e. The predicted molar refractivity (Wildman–Crippen MR) is 72.0 cm³/mol. The number of hydrogen-bond acceptors (Lipinski definition) is 4. The minimum absolute atomic E-state index is 0.602. The first-order valence-electron chi connectivity index (χ1n) is 5.93. The molecule has 1 aromatic rings. The molecule has 0 saturated carbocycles. The van der Waals surface area contributed by atoms with Gasteiger partial charge in [0, 0.05) is 30.2 Å². The van der Waals surface area contributed by atoms with Crippen LogP contribution < -0.4 is 5.32 Å². The highest BCUT2D eigenvalue weighted by Crippen LogP contribution is 2.20. The highest BCUT2D eigenvalue weighted by molar-refractivity contribution is 7.15. The minimum atomic E-state index is 0.602. The Morgan fingerprint density at radius 3 is 2.69 bits per heavy atom. The van der Waals surface area contributed by atoms with Crippen LogP contribution in [0, 0.1) is 5.92 Å². The monoisotopic (exact) mass is 241 g/mol. The van der Waals surface area contributed by atoms with Crippen LogP contribution in [0.1, 0.15) is 32.6 Å². The van der Waals surface area contributed by atoms with E-state index in [1.807, 2.05) is 6.20 Å². The molecule has 0 bridgehead atoms. The molecule has 0 spiro atoms. The molecule has 16 heavy (non-hydrogen) atoms. The maximum absolute atomic E-state index is 4.34. The van der Waals surface area contributed by atoms with E-state index in [2.05, 4.69) is 49.9 Å². The molecule has 3 nitrogen and oxygen atoms in total. The third-order valence-electron chi connectivity index (χ3n) is 2.95. The van der Waals surface area contributed by atoms with E-state index in [4.69, 9.17) is 0 Å². The van der Waals surface area contributed by atoms with Crippen LogP contribution in [0.25, 0.3) is 0 Å². The lowest BCUT2D eigenvalue weighted by Gasteiger charge is -2.27. The van der Waals surface area contributed by atoms with E-state index in [0.717, 1.165) is 18.2 Å². The molecule has 0 aliphatic rings. The number of rotatable bonds is 6. The Balaban J connectivity index is 2.52. The summed E-state index contributed by atoms with van der Waals surface area (Å²) in [7, 11) is 2.18. The van der Waals surface area contributed by atoms with E-state index in [1.165, 1.54) is 4.88 Å². The molecule has 0 aliphatic carbocycles. The first kappa shape index (κ1) is 13.5. The number of thiazole rings is 1. The van der Waals surface area contributed by atoms with E-state index < -0.39 is 0 Å². The molecule has 4 heteroatoms. The van der Waals surface area contributed by atoms with Gasteiger partial charge in [0.2, 0.25) is 0 Å². The lowest BCUT2D eigenvalue weighted by molar-refractivity contribution is 0.202. The lowest BCUT2D eigenvalue weighted by Crippen LogP contribution is -2.32. The Morgan fingerprint density at radius 2 is 2.12 bits per heavy atom. The summed E-state index contributed by atoms with van der Waals surface area (Å²) < 4.78 is 0. The van der Waals surface area contributed by atoms with Gasteiger partial charge in [0.15, 0.2) is 5.13 Å². The predicted octanol–water partition coefficient (Wildman–Crippen LogP) is 3.05. The van der Waals surface area contributed by atoms with Crippen molar-refractivity contribution in [2.75, 3.05) is 18.9 Å². The number of nitrogens with one attached hydrogen (secondary N) is 1. The zero-order valence-electron chi connectivity index (χ0n) is 10.9. The summed E-state index contributed by atoms with van der Waals surface area (Å²) in [5.41, 5.74) is 0. The number of anilines is 1. The number of hydrogen-bond donors (Lipinski definition) is 1. The van der Waals surface area contributed by atoms with Crippen LogP contribution in [0.5, 0.6) is 0 Å². The van der Waals surface area contributed by atoms with Crippen LogP contribution in [0.2, 0.25) is 0 Å². The van der Waals surface area contributed by atoms with Gasteiger partial charge in [-0.1, -0.05) is 13.8 Å². The Bertz CT molecular complexity index is 309. The van der Waals surface area contributed by atoms with Crippen LogP contribution in [0.3, 0.4) is 0 Å². The molecule has 0 aliphatic heterocycles. The normalized spacial score (nSPS) is 13.4. The summed E-state index contributed by atoms with van der Waals surface area (Å²) in [6.45, 7) is 10.8. The maximum atomic E-state index is 4.34. The van der Waals surface area contributed by atoms with Crippen LogP contribution in [0.15, 0.2) is 6.20 Å². The molecule has 1 atom stereocenters. The molecule has 92 valence electrons. The fraction of sp³-hybridized carbons (Fsp3) is 0.750. The van der Waals surface area contributed by atoms with Crippen molar-refractivity contribution in [1.82, 2.24) is 9.88 Å². The fourth-order valence-corrected chi connectivity index (χ4v) is 2.46. The van der Waals surface area contributed by atoms with E-state index in [0.29, 0.717) is 12.0 Å². The van der Waals surface area contributed by atoms with Gasteiger partial charge in [-0.3, -0.25) is 4.90 Å². The first-order valence-corrected chi connectivity index (χ1v) is 6.75. The molecule has 0 fully saturated rings. The van der Waals surface area contributed by atoms with E-state index in [1.54, 1.807) is 11.3 Å². The number of aromatic nitrogens is 1. The van der Waals surface area contributed by atoms with Gasteiger partial charge in [0.1, 0.15) is 0 Å². The topological polar surface area (TPSA) is 28.2 Å². The molecule has 1 unspecified atom stereocenters. The molecule has 1 N–H and O–H groups in total. The molecule has 1 aromatic heterocycles. The molecule has 0 aromatic carbocycles. The van der Waals surface area contributed by atoms with Gasteiger partial charge in [-0.25, -0.2) is 4.98 Å². The summed E-state index contributed by atoms with van der Waals surface area (Å²) in [6, 6.07) is 0.602. The summed E-state index contributed by atoms with van der Waals surface area (Å²) in [5, 5.41) is 4.27. The summed E-state index contributed by atoms with van der Waals surface area (Å²) in [6.07, 6.45) is 1.98. The molecule has 0 amide bonds. The van der Waals surface area contributed by atoms with Gasteiger partial charge in [-0.2, -0.15) is 0 Å². The third-order valence-corrected chi connectivity index (χ3v) is 3.89. The van der Waals surface area contributed by atoms with Crippen molar-refractivity contribution in [3.63, 3.8) is 0 Å². The molecule has 1 rings (SSSR count). The Morgan fingerprint density at radius 1 is 1.44 bits per heavy atom. The van der Waals surface area contributed by atoms with Gasteiger partial charge >= 0.3 is 0 Å². The van der Waals surface area contributed by atoms with Crippen molar-refractivity contribution >= 4 is 16.5 Å². The Kier molecular flexibility index (Phi) is 5.22. The van der Waals surface area contributed by atoms with Crippen molar-refractivity contribution < 1.29 is 0 Å². The fourth-order valence-electron chi connectivity index (χ4n) is 1.51. The average molecular weight is 241 g/mol. The van der Waals surface area contributed by atoms with Crippen molar-refractivity contribution in [3.8, 4) is 0 Å². The zero-order chi connectivity index (χ0) is 12.1. The smallest absolute Gasteiger partial charge is 0.182 e. The summed E-state index contributed by atoms with van der Waals surface area (Å²) in [5.74, 6) is 0.686. The second kappa shape index (κ2) is 6.21. The van der Waals surface area contributed by atoms with Crippen LogP contribution in [-0.4, -0.2) is 29.5 Å². The van der Waals surface area contributed by atoms with Crippen molar-refractivity contribution in [3.05, 3.63) is 11.1 Å². The molecule has 1 heterocycles. The molecular formula is C12H23N3S. The third kappa shape index (κ3) is 3.76. The largest absolute Gasteiger partial charge is 0.362 e. The van der Waals surface area contributed by atoms with Crippen LogP contribution in [0.4, 0.5) is 5.13 Å². The highest BCUT2D eigenvalue weighted by Gasteiger charge is 2.14. The van der Waals surface area contributed by atoms with Crippen molar-refractivity contribution in [2.45, 2.75) is 40.3 Å². The summed E-state index contributed by atoms with van der Waals surface area (Å²) in [4.78, 5) is 8.05. The second-order valence-corrected chi connectivity index (χ2v) is 5.68. The second-order valence-electron chi connectivity index (χ2n) is 4.56. The SMILES string of the molecule is CCNc1ncc(CN(C)C(C)C(C)C)s1. The Labute approximate surface area is 103 Å². The lowest BCUT2D eigenvalue weighted by atomic mass is 10.1. The molecule has 0 saturated heterocycles. The van der Waals surface area contributed by atoms with Gasteiger partial charge in [0.25, 0.3) is 0 Å². The van der Waals surface area contributed by atoms with Crippen molar-refractivity contribution in [1.29, 1.82) is 0 Å². The molecule has 0 radical (unpaired) electrons. The van der Waals surface area contributed by atoms with Gasteiger partial charge < -0.3 is 5.32 Å². The molecular weight excluding hydrogens is 218 g/mol. The van der Waals surface area contributed by atoms with E-state index >= 15 is 0 Å². The average Bonchev–Trinajstić information content (AvgIpc) is 2.65. The van der Waals surface area contributed by atoms with Gasteiger partial charge in [0.05, 0.1) is 0 Å². The zero-order valence-corrected chi connectivity index (χ0v) is 11.8. The standard InChI is InChI=1S/C12H23N3S/c1-6-13-12-14-7-11(16-12)8-15(5)10(4)9(2)3/h7,9-10H,6,8H2,1-5H3,(H,13,14). The van der Waals surface area contributed by atoms with Gasteiger partial charge in [-0.15, -0.1) is 11.3 Å². The van der Waals surface area contributed by atoms with Crippen LogP contribution in [-0.2, 0) is 6.54 Å². The number of nitrogens with zero attached hydrogens (tertiary/aromatic N) is 2. The van der Waals surface area contributed by atoms with E-state index in [-0.39, 0.29) is 0 Å². The minimum Gasteiger partial charge on any atom is -0.362 e.